The predicted octanol–water partition coefficient (Wildman–Crippen LogP) is 0.779. The molecule has 1 aliphatic heterocycles. The summed E-state index contributed by atoms with van der Waals surface area (Å²) in [6.07, 6.45) is 0.413. The SMILES string of the molecule is CNCC(=O)C1Cc2ccccc2O1. The lowest BCUT2D eigenvalue weighted by atomic mass is 10.1. The van der Waals surface area contributed by atoms with Gasteiger partial charge in [0.25, 0.3) is 0 Å². The molecule has 3 nitrogen and oxygen atoms in total. The first-order valence-corrected chi connectivity index (χ1v) is 4.73. The van der Waals surface area contributed by atoms with Gasteiger partial charge in [0, 0.05) is 6.42 Å². The number of benzene rings is 1. The van der Waals surface area contributed by atoms with Crippen LogP contribution in [0.2, 0.25) is 0 Å². The average Bonchev–Trinajstić information content (AvgIpc) is 2.61. The molecule has 0 aliphatic carbocycles. The highest BCUT2D eigenvalue weighted by molar-refractivity contribution is 5.86. The summed E-state index contributed by atoms with van der Waals surface area (Å²) in [5.41, 5.74) is 1.13. The third-order valence-electron chi connectivity index (χ3n) is 2.36. The zero-order valence-electron chi connectivity index (χ0n) is 8.12. The summed E-state index contributed by atoms with van der Waals surface area (Å²) in [7, 11) is 1.76. The molecule has 0 aromatic heterocycles. The third-order valence-corrected chi connectivity index (χ3v) is 2.36. The number of ether oxygens (including phenoxy) is 1. The number of nitrogens with one attached hydrogen (secondary N) is 1. The Bertz CT molecular complexity index is 324. The van der Waals surface area contributed by atoms with Crippen LogP contribution in [0.1, 0.15) is 5.56 Å². The van der Waals surface area contributed by atoms with E-state index in [0.29, 0.717) is 13.0 Å². The largest absolute Gasteiger partial charge is 0.482 e. The van der Waals surface area contributed by atoms with Crippen molar-refractivity contribution in [1.82, 2.24) is 5.32 Å². The fourth-order valence-corrected chi connectivity index (χ4v) is 1.65. The van der Waals surface area contributed by atoms with Crippen molar-refractivity contribution in [3.05, 3.63) is 29.8 Å². The van der Waals surface area contributed by atoms with Crippen LogP contribution >= 0.6 is 0 Å². The van der Waals surface area contributed by atoms with Gasteiger partial charge in [0.15, 0.2) is 11.9 Å². The van der Waals surface area contributed by atoms with Gasteiger partial charge in [-0.3, -0.25) is 4.79 Å². The highest BCUT2D eigenvalue weighted by Gasteiger charge is 2.27. The van der Waals surface area contributed by atoms with Crippen LogP contribution in [0.15, 0.2) is 24.3 Å². The van der Waals surface area contributed by atoms with Crippen molar-refractivity contribution in [2.24, 2.45) is 0 Å². The zero-order valence-corrected chi connectivity index (χ0v) is 8.12. The maximum absolute atomic E-state index is 11.5. The van der Waals surface area contributed by atoms with E-state index in [1.54, 1.807) is 7.05 Å². The molecule has 1 unspecified atom stereocenters. The van der Waals surface area contributed by atoms with Crippen molar-refractivity contribution < 1.29 is 9.53 Å². The van der Waals surface area contributed by atoms with Crippen molar-refractivity contribution in [3.63, 3.8) is 0 Å². The summed E-state index contributed by atoms with van der Waals surface area (Å²) in [6, 6.07) is 7.79. The van der Waals surface area contributed by atoms with E-state index in [1.165, 1.54) is 0 Å². The molecule has 3 heteroatoms. The lowest BCUT2D eigenvalue weighted by molar-refractivity contribution is -0.124. The van der Waals surface area contributed by atoms with Gasteiger partial charge in [0.05, 0.1) is 6.54 Å². The number of carbonyl (C=O) groups is 1. The van der Waals surface area contributed by atoms with Gasteiger partial charge in [0.1, 0.15) is 5.75 Å². The minimum atomic E-state index is -0.292. The minimum absolute atomic E-state index is 0.115. The summed E-state index contributed by atoms with van der Waals surface area (Å²) >= 11 is 0. The van der Waals surface area contributed by atoms with E-state index in [0.717, 1.165) is 11.3 Å². The second-order valence-electron chi connectivity index (χ2n) is 3.41. The number of hydrogen-bond acceptors (Lipinski definition) is 3. The standard InChI is InChI=1S/C11H13NO2/c1-12-7-9(13)11-6-8-4-2-3-5-10(8)14-11/h2-5,11-12H,6-7H2,1H3. The van der Waals surface area contributed by atoms with Gasteiger partial charge in [-0.1, -0.05) is 18.2 Å². The van der Waals surface area contributed by atoms with E-state index >= 15 is 0 Å². The predicted molar refractivity (Wildman–Crippen MR) is 53.5 cm³/mol. The monoisotopic (exact) mass is 191 g/mol. The highest BCUT2D eigenvalue weighted by Crippen LogP contribution is 2.28. The third kappa shape index (κ3) is 1.63. The zero-order chi connectivity index (χ0) is 9.97. The Morgan fingerprint density at radius 1 is 1.57 bits per heavy atom. The molecule has 0 saturated carbocycles. The Morgan fingerprint density at radius 2 is 2.36 bits per heavy atom. The summed E-state index contributed by atoms with van der Waals surface area (Å²) in [6.45, 7) is 0.374. The van der Waals surface area contributed by atoms with Crippen LogP contribution in [0.3, 0.4) is 0 Å². The molecule has 2 rings (SSSR count). The smallest absolute Gasteiger partial charge is 0.187 e. The molecule has 0 spiro atoms. The molecule has 0 bridgehead atoms. The summed E-state index contributed by atoms with van der Waals surface area (Å²) in [5.74, 6) is 0.964. The van der Waals surface area contributed by atoms with Gasteiger partial charge in [-0.2, -0.15) is 0 Å². The van der Waals surface area contributed by atoms with Gasteiger partial charge < -0.3 is 10.1 Å². The number of rotatable bonds is 3. The molecule has 74 valence electrons. The Kier molecular flexibility index (Phi) is 2.50. The molecule has 0 saturated heterocycles. The first-order valence-electron chi connectivity index (χ1n) is 4.73. The van der Waals surface area contributed by atoms with Gasteiger partial charge in [-0.25, -0.2) is 0 Å². The van der Waals surface area contributed by atoms with Crippen LogP contribution in [0, 0.1) is 0 Å². The van der Waals surface area contributed by atoms with Crippen molar-refractivity contribution in [1.29, 1.82) is 0 Å². The number of fused-ring (bicyclic) bond motifs is 1. The molecule has 1 aromatic carbocycles. The average molecular weight is 191 g/mol. The quantitative estimate of drug-likeness (QED) is 0.767. The normalized spacial score (nSPS) is 18.8. The van der Waals surface area contributed by atoms with Crippen LogP contribution < -0.4 is 10.1 Å². The molecule has 0 fully saturated rings. The molecule has 0 amide bonds. The van der Waals surface area contributed by atoms with Gasteiger partial charge in [0.2, 0.25) is 0 Å². The van der Waals surface area contributed by atoms with Crippen molar-refractivity contribution >= 4 is 5.78 Å². The topological polar surface area (TPSA) is 38.3 Å². The van der Waals surface area contributed by atoms with E-state index in [-0.39, 0.29) is 11.9 Å². The molecule has 1 atom stereocenters. The number of para-hydroxylation sites is 1. The van der Waals surface area contributed by atoms with E-state index in [1.807, 2.05) is 24.3 Å². The van der Waals surface area contributed by atoms with Gasteiger partial charge in [-0.05, 0) is 18.7 Å². The van der Waals surface area contributed by atoms with Crippen LogP contribution in [-0.4, -0.2) is 25.5 Å². The number of hydrogen-bond donors (Lipinski definition) is 1. The minimum Gasteiger partial charge on any atom is -0.482 e. The highest BCUT2D eigenvalue weighted by atomic mass is 16.5. The molecule has 14 heavy (non-hydrogen) atoms. The Hall–Kier alpha value is -1.35. The van der Waals surface area contributed by atoms with Gasteiger partial charge >= 0.3 is 0 Å². The number of likely N-dealkylation sites (N-methyl/N-ethyl adjacent to an activating group) is 1. The summed E-state index contributed by atoms with van der Waals surface area (Å²) < 4.78 is 5.53. The molecule has 1 aliphatic rings. The maximum atomic E-state index is 11.5. The number of Topliss-reactive ketones (excluding diaryl/α,β-unsaturated/α-hetero) is 1. The maximum Gasteiger partial charge on any atom is 0.187 e. The van der Waals surface area contributed by atoms with Crippen LogP contribution in [0.4, 0.5) is 0 Å². The van der Waals surface area contributed by atoms with E-state index < -0.39 is 0 Å². The molecule has 1 aromatic rings. The lowest BCUT2D eigenvalue weighted by Crippen LogP contribution is -2.32. The van der Waals surface area contributed by atoms with Gasteiger partial charge in [-0.15, -0.1) is 0 Å². The molecular formula is C11H13NO2. The number of ketones is 1. The Labute approximate surface area is 83.1 Å². The van der Waals surface area contributed by atoms with Crippen LogP contribution in [0.25, 0.3) is 0 Å². The second kappa shape index (κ2) is 3.80. The molecule has 1 heterocycles. The molecule has 1 N–H and O–H groups in total. The first kappa shape index (κ1) is 9.21. The van der Waals surface area contributed by atoms with Crippen molar-refractivity contribution in [3.8, 4) is 5.75 Å². The Balaban J connectivity index is 2.08. The fraction of sp³-hybridized carbons (Fsp3) is 0.364. The summed E-state index contributed by atoms with van der Waals surface area (Å²) in [4.78, 5) is 11.5. The van der Waals surface area contributed by atoms with Crippen LogP contribution in [-0.2, 0) is 11.2 Å². The number of carbonyl (C=O) groups excluding carboxylic acids is 1. The summed E-state index contributed by atoms with van der Waals surface area (Å²) in [5, 5.41) is 2.84. The van der Waals surface area contributed by atoms with Crippen LogP contribution in [0.5, 0.6) is 5.75 Å². The lowest BCUT2D eigenvalue weighted by Gasteiger charge is -2.08. The van der Waals surface area contributed by atoms with Crippen molar-refractivity contribution in [2.45, 2.75) is 12.5 Å². The first-order chi connectivity index (χ1) is 6.81. The Morgan fingerprint density at radius 3 is 3.07 bits per heavy atom. The fourth-order valence-electron chi connectivity index (χ4n) is 1.65. The second-order valence-corrected chi connectivity index (χ2v) is 3.41. The molecular weight excluding hydrogens is 178 g/mol. The van der Waals surface area contributed by atoms with E-state index in [4.69, 9.17) is 4.74 Å². The van der Waals surface area contributed by atoms with Crippen molar-refractivity contribution in [2.75, 3.05) is 13.6 Å². The van der Waals surface area contributed by atoms with E-state index in [9.17, 15) is 4.79 Å². The molecule has 0 radical (unpaired) electrons. The van der Waals surface area contributed by atoms with E-state index in [2.05, 4.69) is 5.32 Å².